The lowest BCUT2D eigenvalue weighted by molar-refractivity contribution is -0.143. The summed E-state index contributed by atoms with van der Waals surface area (Å²) >= 11 is 0. The highest BCUT2D eigenvalue weighted by Crippen LogP contribution is 2.50. The second-order valence-corrected chi connectivity index (χ2v) is 8.49. The summed E-state index contributed by atoms with van der Waals surface area (Å²) in [5.41, 5.74) is 0.500. The summed E-state index contributed by atoms with van der Waals surface area (Å²) in [4.78, 5) is 13.3. The van der Waals surface area contributed by atoms with Gasteiger partial charge in [0.15, 0.2) is 0 Å². The van der Waals surface area contributed by atoms with Gasteiger partial charge in [0.1, 0.15) is 5.82 Å². The molecule has 0 spiro atoms. The lowest BCUT2D eigenvalue weighted by Gasteiger charge is -2.31. The molecule has 4 atom stereocenters. The molecule has 3 nitrogen and oxygen atoms in total. The molecule has 1 saturated carbocycles. The maximum atomic E-state index is 14.2. The molecule has 162 valence electrons. The van der Waals surface area contributed by atoms with Gasteiger partial charge in [-0.15, -0.1) is 0 Å². The number of aliphatic carboxylic acids is 1. The fraction of sp³-hybridized carbons (Fsp3) is 0.609. The normalized spacial score (nSPS) is 24.6. The molecule has 1 N–H and O–H groups in total. The first-order chi connectivity index (χ1) is 13.5. The van der Waals surface area contributed by atoms with E-state index < -0.39 is 23.8 Å². The van der Waals surface area contributed by atoms with Crippen LogP contribution in [0.5, 0.6) is 0 Å². The third kappa shape index (κ3) is 4.62. The Kier molecular flexibility index (Phi) is 7.41. The van der Waals surface area contributed by atoms with Crippen molar-refractivity contribution in [3.8, 4) is 0 Å². The first-order valence-electron chi connectivity index (χ1n) is 10.3. The molecule has 0 aliphatic heterocycles. The lowest BCUT2D eigenvalue weighted by atomic mass is 9.74. The predicted octanol–water partition coefficient (Wildman–Crippen LogP) is 5.98. The molecule has 1 aliphatic rings. The van der Waals surface area contributed by atoms with Crippen molar-refractivity contribution in [2.75, 3.05) is 7.05 Å². The average molecular weight is 412 g/mol. The van der Waals surface area contributed by atoms with Crippen LogP contribution in [0.4, 0.5) is 13.2 Å². The van der Waals surface area contributed by atoms with Gasteiger partial charge in [-0.25, -0.2) is 4.39 Å². The molecule has 1 aromatic carbocycles. The Hall–Kier alpha value is -1.98. The molecule has 1 fully saturated rings. The van der Waals surface area contributed by atoms with Crippen LogP contribution in [-0.2, 0) is 10.2 Å². The standard InChI is InChI=1S/C23H32F3NO2/c1-6-14(2)15(3)18(13-27(5)22(25)26)17-10-11-23(12-17,21(28)29)19-8-7-9-20(24)16(19)4/h7-9,13-15,17,22H,6,10-12H2,1-5H3,(H,28,29). The van der Waals surface area contributed by atoms with Crippen molar-refractivity contribution < 1.29 is 23.1 Å². The summed E-state index contributed by atoms with van der Waals surface area (Å²) in [6, 6.07) is 4.55. The van der Waals surface area contributed by atoms with Crippen LogP contribution in [0.15, 0.2) is 30.0 Å². The van der Waals surface area contributed by atoms with E-state index in [0.717, 1.165) is 16.9 Å². The molecular formula is C23H32F3NO2. The van der Waals surface area contributed by atoms with Crippen LogP contribution in [0.25, 0.3) is 0 Å². The lowest BCUT2D eigenvalue weighted by Crippen LogP contribution is -2.34. The third-order valence-electron chi connectivity index (χ3n) is 6.86. The van der Waals surface area contributed by atoms with E-state index in [2.05, 4.69) is 13.8 Å². The van der Waals surface area contributed by atoms with Gasteiger partial charge in [0.25, 0.3) is 0 Å². The summed E-state index contributed by atoms with van der Waals surface area (Å²) < 4.78 is 40.6. The highest BCUT2D eigenvalue weighted by molar-refractivity contribution is 5.82. The monoisotopic (exact) mass is 411 g/mol. The number of hydrogen-bond donors (Lipinski definition) is 1. The quantitative estimate of drug-likeness (QED) is 0.535. The zero-order chi connectivity index (χ0) is 21.9. The fourth-order valence-electron chi connectivity index (χ4n) is 4.58. The van der Waals surface area contributed by atoms with Crippen LogP contribution < -0.4 is 0 Å². The maximum absolute atomic E-state index is 14.2. The molecule has 6 heteroatoms. The van der Waals surface area contributed by atoms with Crippen LogP contribution in [0.3, 0.4) is 0 Å². The molecule has 0 saturated heterocycles. The second kappa shape index (κ2) is 9.23. The second-order valence-electron chi connectivity index (χ2n) is 8.49. The summed E-state index contributed by atoms with van der Waals surface area (Å²) in [5.74, 6) is -1.22. The number of carbonyl (C=O) groups is 1. The number of benzene rings is 1. The van der Waals surface area contributed by atoms with Gasteiger partial charge in [-0.3, -0.25) is 4.79 Å². The van der Waals surface area contributed by atoms with E-state index >= 15 is 0 Å². The van der Waals surface area contributed by atoms with Crippen LogP contribution in [-0.4, -0.2) is 29.6 Å². The van der Waals surface area contributed by atoms with E-state index in [1.54, 1.807) is 19.1 Å². The topological polar surface area (TPSA) is 40.5 Å². The predicted molar refractivity (Wildman–Crippen MR) is 108 cm³/mol. The Morgan fingerprint density at radius 3 is 2.59 bits per heavy atom. The molecule has 1 aliphatic carbocycles. The van der Waals surface area contributed by atoms with Crippen LogP contribution in [0, 0.1) is 30.5 Å². The Labute approximate surface area is 171 Å². The summed E-state index contributed by atoms with van der Waals surface area (Å²) in [5, 5.41) is 10.1. The van der Waals surface area contributed by atoms with Crippen molar-refractivity contribution in [1.82, 2.24) is 4.90 Å². The smallest absolute Gasteiger partial charge is 0.314 e. The van der Waals surface area contributed by atoms with Gasteiger partial charge < -0.3 is 10.0 Å². The molecule has 0 heterocycles. The van der Waals surface area contributed by atoms with Crippen LogP contribution >= 0.6 is 0 Å². The number of alkyl halides is 2. The number of carboxylic acids is 1. The number of nitrogens with zero attached hydrogens (tertiary/aromatic N) is 1. The van der Waals surface area contributed by atoms with E-state index in [-0.39, 0.29) is 24.2 Å². The van der Waals surface area contributed by atoms with Crippen LogP contribution in [0.2, 0.25) is 0 Å². The Morgan fingerprint density at radius 2 is 2.03 bits per heavy atom. The summed E-state index contributed by atoms with van der Waals surface area (Å²) in [6.45, 7) is 5.14. The number of rotatable bonds is 8. The highest BCUT2D eigenvalue weighted by atomic mass is 19.3. The third-order valence-corrected chi connectivity index (χ3v) is 6.86. The molecule has 1 aromatic rings. The molecule has 2 rings (SSSR count). The Morgan fingerprint density at radius 1 is 1.38 bits per heavy atom. The van der Waals surface area contributed by atoms with Gasteiger partial charge in [0.05, 0.1) is 5.41 Å². The van der Waals surface area contributed by atoms with Gasteiger partial charge in [0.2, 0.25) is 0 Å². The van der Waals surface area contributed by atoms with Gasteiger partial charge in [-0.05, 0) is 66.7 Å². The van der Waals surface area contributed by atoms with E-state index in [9.17, 15) is 23.1 Å². The fourth-order valence-corrected chi connectivity index (χ4v) is 4.58. The van der Waals surface area contributed by atoms with Crippen molar-refractivity contribution in [2.24, 2.45) is 17.8 Å². The zero-order valence-electron chi connectivity index (χ0n) is 17.9. The van der Waals surface area contributed by atoms with Crippen molar-refractivity contribution >= 4 is 5.97 Å². The molecule has 0 radical (unpaired) electrons. The van der Waals surface area contributed by atoms with Gasteiger partial charge in [0, 0.05) is 13.2 Å². The maximum Gasteiger partial charge on any atom is 0.314 e. The number of carboxylic acid groups (broad SMARTS) is 1. The minimum atomic E-state index is -2.62. The summed E-state index contributed by atoms with van der Waals surface area (Å²) in [7, 11) is 1.34. The molecule has 29 heavy (non-hydrogen) atoms. The van der Waals surface area contributed by atoms with E-state index in [0.29, 0.717) is 24.0 Å². The minimum absolute atomic E-state index is 0.0457. The Bertz CT molecular complexity index is 764. The van der Waals surface area contributed by atoms with E-state index in [1.165, 1.54) is 19.3 Å². The SMILES string of the molecule is CCC(C)C(C)C(=CN(C)C(F)F)C1CCC(C(=O)O)(c2cccc(F)c2C)C1. The van der Waals surface area contributed by atoms with Gasteiger partial charge in [-0.1, -0.05) is 39.3 Å². The number of allylic oxidation sites excluding steroid dienone is 1. The molecule has 0 aromatic heterocycles. The first-order valence-corrected chi connectivity index (χ1v) is 10.3. The zero-order valence-corrected chi connectivity index (χ0v) is 17.9. The number of hydrogen-bond acceptors (Lipinski definition) is 2. The van der Waals surface area contributed by atoms with Gasteiger partial charge in [-0.2, -0.15) is 8.78 Å². The first kappa shape index (κ1) is 23.3. The molecule has 0 amide bonds. The average Bonchev–Trinajstić information content (AvgIpc) is 3.13. The van der Waals surface area contributed by atoms with Crippen molar-refractivity contribution in [3.63, 3.8) is 0 Å². The number of halogens is 3. The van der Waals surface area contributed by atoms with Gasteiger partial charge >= 0.3 is 12.5 Å². The van der Waals surface area contributed by atoms with E-state index in [4.69, 9.17) is 0 Å². The van der Waals surface area contributed by atoms with Crippen molar-refractivity contribution in [3.05, 3.63) is 46.9 Å². The van der Waals surface area contributed by atoms with Crippen LogP contribution in [0.1, 0.15) is 57.6 Å². The van der Waals surface area contributed by atoms with Crippen molar-refractivity contribution in [1.29, 1.82) is 0 Å². The van der Waals surface area contributed by atoms with E-state index in [1.807, 2.05) is 6.92 Å². The molecule has 0 bridgehead atoms. The molecular weight excluding hydrogens is 379 g/mol. The Balaban J connectivity index is 2.48. The summed E-state index contributed by atoms with van der Waals surface area (Å²) in [6.07, 6.45) is 3.63. The minimum Gasteiger partial charge on any atom is -0.481 e. The molecule has 4 unspecified atom stereocenters. The van der Waals surface area contributed by atoms with Crippen molar-refractivity contribution in [2.45, 2.75) is 65.3 Å². The largest absolute Gasteiger partial charge is 0.481 e. The highest BCUT2D eigenvalue weighted by Gasteiger charge is 2.49.